The smallest absolute Gasteiger partial charge is 0.462 e. The maximum Gasteiger partial charge on any atom is 0.494 e. The van der Waals surface area contributed by atoms with Crippen molar-refractivity contribution in [3.63, 3.8) is 0 Å². The highest BCUT2D eigenvalue weighted by atomic mass is 16.7. The molecule has 8 nitrogen and oxygen atoms in total. The summed E-state index contributed by atoms with van der Waals surface area (Å²) in [6, 6.07) is 5.37. The zero-order valence-corrected chi connectivity index (χ0v) is 16.8. The first-order valence-corrected chi connectivity index (χ1v) is 9.40. The summed E-state index contributed by atoms with van der Waals surface area (Å²) < 4.78 is 23.2. The minimum absolute atomic E-state index is 0.435. The van der Waals surface area contributed by atoms with Crippen LogP contribution in [0.4, 0.5) is 0 Å². The van der Waals surface area contributed by atoms with Crippen molar-refractivity contribution in [2.75, 3.05) is 6.61 Å². The van der Waals surface area contributed by atoms with E-state index in [1.54, 1.807) is 12.1 Å². The predicted molar refractivity (Wildman–Crippen MR) is 101 cm³/mol. The minimum atomic E-state index is -1.49. The monoisotopic (exact) mass is 396 g/mol. The first kappa shape index (κ1) is 21.5. The molecule has 2 heterocycles. The Morgan fingerprint density at radius 2 is 1.61 bits per heavy atom. The molecule has 0 aromatic heterocycles. The van der Waals surface area contributed by atoms with Crippen molar-refractivity contribution in [2.45, 2.75) is 76.5 Å². The highest BCUT2D eigenvalue weighted by Crippen LogP contribution is 2.36. The molecule has 5 atom stereocenters. The van der Waals surface area contributed by atoms with Crippen LogP contribution in [0.2, 0.25) is 0 Å². The van der Waals surface area contributed by atoms with Gasteiger partial charge < -0.3 is 39.2 Å². The molecule has 0 saturated carbocycles. The second-order valence-electron chi connectivity index (χ2n) is 8.43. The Bertz CT molecular complexity index is 691. The molecule has 4 N–H and O–H groups in total. The number of aliphatic hydroxyl groups is 4. The summed E-state index contributed by atoms with van der Waals surface area (Å²) >= 11 is 0. The number of ether oxygens (including phenoxy) is 2. The van der Waals surface area contributed by atoms with Crippen LogP contribution in [0.3, 0.4) is 0 Å². The largest absolute Gasteiger partial charge is 0.494 e. The third-order valence-electron chi connectivity index (χ3n) is 5.82. The topological polar surface area (TPSA) is 118 Å². The van der Waals surface area contributed by atoms with Crippen LogP contribution in [0.25, 0.3) is 0 Å². The van der Waals surface area contributed by atoms with Gasteiger partial charge in [0.15, 0.2) is 0 Å². The quantitative estimate of drug-likeness (QED) is 0.502. The molecular weight excluding hydrogens is 367 g/mol. The summed E-state index contributed by atoms with van der Waals surface area (Å²) in [6.07, 6.45) is -6.61. The van der Waals surface area contributed by atoms with Crippen molar-refractivity contribution in [1.82, 2.24) is 0 Å². The van der Waals surface area contributed by atoms with Crippen LogP contribution in [0.5, 0.6) is 5.75 Å². The first-order chi connectivity index (χ1) is 13.0. The van der Waals surface area contributed by atoms with E-state index in [4.69, 9.17) is 18.8 Å². The van der Waals surface area contributed by atoms with Gasteiger partial charge in [-0.2, -0.15) is 0 Å². The molecule has 28 heavy (non-hydrogen) atoms. The lowest BCUT2D eigenvalue weighted by Gasteiger charge is -2.39. The van der Waals surface area contributed by atoms with Gasteiger partial charge in [-0.3, -0.25) is 0 Å². The number of benzene rings is 1. The second kappa shape index (κ2) is 7.57. The summed E-state index contributed by atoms with van der Waals surface area (Å²) in [4.78, 5) is 0. The van der Waals surface area contributed by atoms with Crippen LogP contribution >= 0.6 is 0 Å². The van der Waals surface area contributed by atoms with E-state index < -0.39 is 55.6 Å². The number of hydrogen-bond donors (Lipinski definition) is 4. The highest BCUT2D eigenvalue weighted by Gasteiger charge is 2.51. The number of hydrogen-bond acceptors (Lipinski definition) is 8. The van der Waals surface area contributed by atoms with Crippen LogP contribution in [-0.4, -0.2) is 76.1 Å². The van der Waals surface area contributed by atoms with E-state index >= 15 is 0 Å². The lowest BCUT2D eigenvalue weighted by Crippen LogP contribution is -2.60. The standard InChI is InChI=1S/C19H29BO8/c1-10-8-11(20-27-18(2,3)19(4,5)28-20)6-7-12(10)25-17-16(24)15(23)14(22)13(9-21)26-17/h6-8,13-17,21-24H,9H2,1-5H3. The SMILES string of the molecule is Cc1cc(B2OC(C)(C)C(C)(C)O2)ccc1OC1OC(CO)C(O)C(O)C1O. The average Bonchev–Trinajstić information content (AvgIpc) is 2.84. The molecule has 5 unspecified atom stereocenters. The van der Waals surface area contributed by atoms with Crippen molar-refractivity contribution in [1.29, 1.82) is 0 Å². The Balaban J connectivity index is 1.75. The van der Waals surface area contributed by atoms with Crippen molar-refractivity contribution in [2.24, 2.45) is 0 Å². The van der Waals surface area contributed by atoms with Crippen molar-refractivity contribution in [3.8, 4) is 5.75 Å². The molecule has 1 aromatic carbocycles. The molecule has 0 radical (unpaired) electrons. The molecule has 9 heteroatoms. The molecule has 2 fully saturated rings. The van der Waals surface area contributed by atoms with E-state index in [0.717, 1.165) is 11.0 Å². The average molecular weight is 396 g/mol. The molecule has 2 aliphatic rings. The fourth-order valence-electron chi connectivity index (χ4n) is 3.22. The second-order valence-corrected chi connectivity index (χ2v) is 8.43. The van der Waals surface area contributed by atoms with Gasteiger partial charge >= 0.3 is 7.12 Å². The van der Waals surface area contributed by atoms with Crippen molar-refractivity contribution >= 4 is 12.6 Å². The number of rotatable bonds is 4. The highest BCUT2D eigenvalue weighted by molar-refractivity contribution is 6.62. The van der Waals surface area contributed by atoms with Gasteiger partial charge in [-0.1, -0.05) is 12.1 Å². The van der Waals surface area contributed by atoms with Gasteiger partial charge in [-0.15, -0.1) is 0 Å². The third-order valence-corrected chi connectivity index (χ3v) is 5.82. The normalized spacial score (nSPS) is 34.5. The van der Waals surface area contributed by atoms with Gasteiger partial charge in [0.25, 0.3) is 0 Å². The van der Waals surface area contributed by atoms with Gasteiger partial charge in [0.1, 0.15) is 30.2 Å². The van der Waals surface area contributed by atoms with E-state index in [1.807, 2.05) is 40.7 Å². The Hall–Kier alpha value is -1.20. The molecular formula is C19H29BO8. The summed E-state index contributed by atoms with van der Waals surface area (Å²) in [6.45, 7) is 9.25. The van der Waals surface area contributed by atoms with Crippen molar-refractivity contribution < 1.29 is 39.2 Å². The van der Waals surface area contributed by atoms with Gasteiger partial charge in [-0.05, 0) is 51.7 Å². The van der Waals surface area contributed by atoms with Gasteiger partial charge in [0.2, 0.25) is 6.29 Å². The molecule has 1 aromatic rings. The van der Waals surface area contributed by atoms with Crippen LogP contribution < -0.4 is 10.2 Å². The summed E-state index contributed by atoms with van der Waals surface area (Å²) in [5, 5.41) is 39.2. The van der Waals surface area contributed by atoms with E-state index in [9.17, 15) is 20.4 Å². The van der Waals surface area contributed by atoms with Crippen molar-refractivity contribution in [3.05, 3.63) is 23.8 Å². The minimum Gasteiger partial charge on any atom is -0.462 e. The van der Waals surface area contributed by atoms with E-state index in [1.165, 1.54) is 0 Å². The summed E-state index contributed by atoms with van der Waals surface area (Å²) in [5.41, 5.74) is 0.690. The Kier molecular flexibility index (Phi) is 5.81. The molecule has 0 bridgehead atoms. The molecule has 3 rings (SSSR count). The molecule has 0 spiro atoms. The van der Waals surface area contributed by atoms with E-state index in [0.29, 0.717) is 5.75 Å². The van der Waals surface area contributed by atoms with Gasteiger partial charge in [0, 0.05) is 0 Å². The number of aryl methyl sites for hydroxylation is 1. The van der Waals surface area contributed by atoms with Crippen LogP contribution in [0.1, 0.15) is 33.3 Å². The maximum atomic E-state index is 10.1. The van der Waals surface area contributed by atoms with Gasteiger partial charge in [-0.25, -0.2) is 0 Å². The lowest BCUT2D eigenvalue weighted by molar-refractivity contribution is -0.277. The van der Waals surface area contributed by atoms with Crippen LogP contribution in [-0.2, 0) is 14.0 Å². The zero-order chi connectivity index (χ0) is 20.9. The number of aliphatic hydroxyl groups excluding tert-OH is 4. The Morgan fingerprint density at radius 1 is 1.00 bits per heavy atom. The molecule has 2 aliphatic heterocycles. The fraction of sp³-hybridized carbons (Fsp3) is 0.684. The Labute approximate surface area is 165 Å². The fourth-order valence-corrected chi connectivity index (χ4v) is 3.22. The van der Waals surface area contributed by atoms with Crippen LogP contribution in [0, 0.1) is 6.92 Å². The first-order valence-electron chi connectivity index (χ1n) is 9.40. The molecule has 2 saturated heterocycles. The summed E-state index contributed by atoms with van der Waals surface area (Å²) in [7, 11) is -0.509. The third kappa shape index (κ3) is 3.80. The molecule has 0 amide bonds. The predicted octanol–water partition coefficient (Wildman–Crippen LogP) is -0.527. The summed E-state index contributed by atoms with van der Waals surface area (Å²) in [5.74, 6) is 0.435. The maximum absolute atomic E-state index is 10.1. The van der Waals surface area contributed by atoms with E-state index in [2.05, 4.69) is 0 Å². The van der Waals surface area contributed by atoms with Gasteiger partial charge in [0.05, 0.1) is 17.8 Å². The van der Waals surface area contributed by atoms with E-state index in [-0.39, 0.29) is 0 Å². The molecule has 156 valence electrons. The van der Waals surface area contributed by atoms with Crippen LogP contribution in [0.15, 0.2) is 18.2 Å². The molecule has 0 aliphatic carbocycles. The zero-order valence-electron chi connectivity index (χ0n) is 16.8. The lowest BCUT2D eigenvalue weighted by atomic mass is 9.78. The Morgan fingerprint density at radius 3 is 2.14 bits per heavy atom.